The summed E-state index contributed by atoms with van der Waals surface area (Å²) in [6.07, 6.45) is 2.12. The van der Waals surface area contributed by atoms with Gasteiger partial charge in [0.2, 0.25) is 0 Å². The summed E-state index contributed by atoms with van der Waals surface area (Å²) in [7, 11) is 0. The lowest BCUT2D eigenvalue weighted by molar-refractivity contribution is 0.261. The number of rotatable bonds is 7. The molecule has 0 spiro atoms. The fraction of sp³-hybridized carbons (Fsp3) is 0.429. The fourth-order valence-electron chi connectivity index (χ4n) is 1.81. The topological polar surface area (TPSA) is 60.2 Å². The van der Waals surface area contributed by atoms with Gasteiger partial charge in [0.1, 0.15) is 23.7 Å². The van der Waals surface area contributed by atoms with E-state index in [0.717, 1.165) is 30.8 Å². The zero-order valence-corrected chi connectivity index (χ0v) is 11.1. The number of ether oxygens (including phenoxy) is 1. The number of aromatic nitrogens is 3. The monoisotopic (exact) mass is 261 g/mol. The average Bonchev–Trinajstić information content (AvgIpc) is 2.86. The molecule has 2 aromatic rings. The summed E-state index contributed by atoms with van der Waals surface area (Å²) in [4.78, 5) is 0. The molecule has 102 valence electrons. The first-order valence-electron chi connectivity index (χ1n) is 6.55. The molecule has 0 atom stereocenters. The molecule has 5 nitrogen and oxygen atoms in total. The van der Waals surface area contributed by atoms with Gasteiger partial charge < -0.3 is 9.84 Å². The summed E-state index contributed by atoms with van der Waals surface area (Å²) in [6, 6.07) is 9.60. The lowest BCUT2D eigenvalue weighted by Crippen LogP contribution is -2.09. The summed E-state index contributed by atoms with van der Waals surface area (Å²) < 4.78 is 7.52. The summed E-state index contributed by atoms with van der Waals surface area (Å²) >= 11 is 0. The Morgan fingerprint density at radius 1 is 1.26 bits per heavy atom. The number of aliphatic hydroxyl groups is 1. The third-order valence-electron chi connectivity index (χ3n) is 2.91. The molecule has 2 rings (SSSR count). The number of nitrogens with zero attached hydrogens (tertiary/aromatic N) is 3. The van der Waals surface area contributed by atoms with Crippen molar-refractivity contribution in [2.24, 2.45) is 0 Å². The molecule has 0 bridgehead atoms. The van der Waals surface area contributed by atoms with E-state index in [2.05, 4.69) is 17.2 Å². The predicted molar refractivity (Wildman–Crippen MR) is 71.6 cm³/mol. The summed E-state index contributed by atoms with van der Waals surface area (Å²) in [6.45, 7) is 3.19. The van der Waals surface area contributed by atoms with E-state index in [1.165, 1.54) is 0 Å². The van der Waals surface area contributed by atoms with Crippen LogP contribution in [-0.4, -0.2) is 20.1 Å². The highest BCUT2D eigenvalue weighted by Gasteiger charge is 2.12. The second-order valence-corrected chi connectivity index (χ2v) is 4.32. The van der Waals surface area contributed by atoms with Crippen molar-refractivity contribution in [3.63, 3.8) is 0 Å². The third kappa shape index (κ3) is 3.54. The van der Waals surface area contributed by atoms with Crippen LogP contribution in [0, 0.1) is 0 Å². The number of unbranched alkanes of at least 4 members (excludes halogenated alkanes) is 1. The van der Waals surface area contributed by atoms with E-state index in [1.807, 2.05) is 35.0 Å². The van der Waals surface area contributed by atoms with Crippen LogP contribution in [0.2, 0.25) is 0 Å². The first-order chi connectivity index (χ1) is 9.35. The van der Waals surface area contributed by atoms with Crippen LogP contribution in [0.3, 0.4) is 0 Å². The van der Waals surface area contributed by atoms with Crippen molar-refractivity contribution in [1.82, 2.24) is 15.0 Å². The van der Waals surface area contributed by atoms with E-state index in [9.17, 15) is 5.11 Å². The minimum absolute atomic E-state index is 0.111. The normalized spacial score (nSPS) is 10.6. The Kier molecular flexibility index (Phi) is 4.92. The molecular weight excluding hydrogens is 242 g/mol. The van der Waals surface area contributed by atoms with Gasteiger partial charge in [-0.15, -0.1) is 5.10 Å². The SMILES string of the molecule is CCCCn1nnc(CO)c1COc1ccccc1. The molecular formula is C14H19N3O2. The van der Waals surface area contributed by atoms with E-state index in [1.54, 1.807) is 0 Å². The molecule has 0 radical (unpaired) electrons. The highest BCUT2D eigenvalue weighted by Crippen LogP contribution is 2.14. The Balaban J connectivity index is 2.07. The van der Waals surface area contributed by atoms with Gasteiger partial charge in [0.25, 0.3) is 0 Å². The van der Waals surface area contributed by atoms with Crippen molar-refractivity contribution < 1.29 is 9.84 Å². The third-order valence-corrected chi connectivity index (χ3v) is 2.91. The standard InChI is InChI=1S/C14H19N3O2/c1-2-3-9-17-14(13(10-18)15-16-17)11-19-12-7-5-4-6-8-12/h4-8,18H,2-3,9-11H2,1H3. The van der Waals surface area contributed by atoms with Crippen molar-refractivity contribution in [1.29, 1.82) is 0 Å². The van der Waals surface area contributed by atoms with Crippen LogP contribution < -0.4 is 4.74 Å². The highest BCUT2D eigenvalue weighted by atomic mass is 16.5. The van der Waals surface area contributed by atoms with Crippen LogP contribution in [-0.2, 0) is 19.8 Å². The second kappa shape index (κ2) is 6.89. The van der Waals surface area contributed by atoms with Gasteiger partial charge in [0.15, 0.2) is 0 Å². The summed E-state index contributed by atoms with van der Waals surface area (Å²) in [5, 5.41) is 17.3. The zero-order chi connectivity index (χ0) is 13.5. The van der Waals surface area contributed by atoms with Gasteiger partial charge in [-0.1, -0.05) is 36.8 Å². The molecule has 0 aliphatic rings. The molecule has 0 saturated carbocycles. The number of aryl methyl sites for hydroxylation is 1. The zero-order valence-electron chi connectivity index (χ0n) is 11.1. The van der Waals surface area contributed by atoms with Crippen molar-refractivity contribution in [3.8, 4) is 5.75 Å². The lowest BCUT2D eigenvalue weighted by atomic mass is 10.3. The Bertz CT molecular complexity index is 497. The van der Waals surface area contributed by atoms with Gasteiger partial charge in [-0.25, -0.2) is 4.68 Å². The van der Waals surface area contributed by atoms with Crippen molar-refractivity contribution in [3.05, 3.63) is 41.7 Å². The Hall–Kier alpha value is -1.88. The molecule has 0 aliphatic carbocycles. The maximum atomic E-state index is 9.28. The van der Waals surface area contributed by atoms with Gasteiger partial charge in [0.05, 0.1) is 6.61 Å². The molecule has 1 heterocycles. The summed E-state index contributed by atoms with van der Waals surface area (Å²) in [5.41, 5.74) is 1.44. The maximum Gasteiger partial charge on any atom is 0.132 e. The molecule has 5 heteroatoms. The number of hydrogen-bond acceptors (Lipinski definition) is 4. The molecule has 1 aromatic heterocycles. The quantitative estimate of drug-likeness (QED) is 0.829. The smallest absolute Gasteiger partial charge is 0.132 e. The molecule has 1 N–H and O–H groups in total. The van der Waals surface area contributed by atoms with Gasteiger partial charge in [0, 0.05) is 6.54 Å². The second-order valence-electron chi connectivity index (χ2n) is 4.32. The Labute approximate surface area is 112 Å². The molecule has 0 amide bonds. The van der Waals surface area contributed by atoms with E-state index in [-0.39, 0.29) is 6.61 Å². The van der Waals surface area contributed by atoms with Gasteiger partial charge in [-0.05, 0) is 18.6 Å². The van der Waals surface area contributed by atoms with Crippen LogP contribution in [0.5, 0.6) is 5.75 Å². The van der Waals surface area contributed by atoms with Crippen LogP contribution in [0.1, 0.15) is 31.2 Å². The number of hydrogen-bond donors (Lipinski definition) is 1. The van der Waals surface area contributed by atoms with E-state index < -0.39 is 0 Å². The maximum absolute atomic E-state index is 9.28. The van der Waals surface area contributed by atoms with Crippen LogP contribution in [0.4, 0.5) is 0 Å². The van der Waals surface area contributed by atoms with E-state index in [4.69, 9.17) is 4.74 Å². The largest absolute Gasteiger partial charge is 0.487 e. The first kappa shape index (κ1) is 13.5. The highest BCUT2D eigenvalue weighted by molar-refractivity contribution is 5.21. The van der Waals surface area contributed by atoms with Gasteiger partial charge >= 0.3 is 0 Å². The van der Waals surface area contributed by atoms with E-state index in [0.29, 0.717) is 12.3 Å². The van der Waals surface area contributed by atoms with Crippen molar-refractivity contribution in [2.75, 3.05) is 0 Å². The Morgan fingerprint density at radius 3 is 2.74 bits per heavy atom. The minimum Gasteiger partial charge on any atom is -0.487 e. The van der Waals surface area contributed by atoms with Gasteiger partial charge in [-0.2, -0.15) is 0 Å². The summed E-state index contributed by atoms with van der Waals surface area (Å²) in [5.74, 6) is 0.801. The number of benzene rings is 1. The molecule has 19 heavy (non-hydrogen) atoms. The predicted octanol–water partition coefficient (Wildman–Crippen LogP) is 2.15. The van der Waals surface area contributed by atoms with Gasteiger partial charge in [-0.3, -0.25) is 0 Å². The lowest BCUT2D eigenvalue weighted by Gasteiger charge is -2.09. The molecule has 0 aliphatic heterocycles. The van der Waals surface area contributed by atoms with Crippen LogP contribution >= 0.6 is 0 Å². The minimum atomic E-state index is -0.111. The van der Waals surface area contributed by atoms with Crippen molar-refractivity contribution >= 4 is 0 Å². The molecule has 0 fully saturated rings. The van der Waals surface area contributed by atoms with E-state index >= 15 is 0 Å². The van der Waals surface area contributed by atoms with Crippen molar-refractivity contribution in [2.45, 2.75) is 39.5 Å². The average molecular weight is 261 g/mol. The fourth-order valence-corrected chi connectivity index (χ4v) is 1.81. The number of aliphatic hydroxyl groups excluding tert-OH is 1. The number of para-hydroxylation sites is 1. The first-order valence-corrected chi connectivity index (χ1v) is 6.55. The molecule has 0 saturated heterocycles. The molecule has 0 unspecified atom stereocenters. The Morgan fingerprint density at radius 2 is 2.05 bits per heavy atom. The van der Waals surface area contributed by atoms with Crippen LogP contribution in [0.15, 0.2) is 30.3 Å². The molecule has 1 aromatic carbocycles. The van der Waals surface area contributed by atoms with Crippen LogP contribution in [0.25, 0.3) is 0 Å².